The summed E-state index contributed by atoms with van der Waals surface area (Å²) in [6.45, 7) is 5.58. The SMILES string of the molecule is CC(C)Oc1ccc(Nc2cncc(C(=O)NCCCN(C)C)c2)cc1. The number of rotatable bonds is 9. The van der Waals surface area contributed by atoms with Gasteiger partial charge in [0.05, 0.1) is 23.6 Å². The van der Waals surface area contributed by atoms with Gasteiger partial charge in [-0.1, -0.05) is 0 Å². The fourth-order valence-corrected chi connectivity index (χ4v) is 2.39. The minimum Gasteiger partial charge on any atom is -0.491 e. The van der Waals surface area contributed by atoms with Gasteiger partial charge in [-0.3, -0.25) is 9.78 Å². The Kier molecular flexibility index (Phi) is 7.41. The summed E-state index contributed by atoms with van der Waals surface area (Å²) in [5.74, 6) is 0.718. The van der Waals surface area contributed by atoms with Crippen LogP contribution in [0.4, 0.5) is 11.4 Å². The Morgan fingerprint density at radius 1 is 1.15 bits per heavy atom. The molecule has 0 atom stereocenters. The number of nitrogens with zero attached hydrogens (tertiary/aromatic N) is 2. The molecule has 26 heavy (non-hydrogen) atoms. The van der Waals surface area contributed by atoms with Crippen molar-refractivity contribution in [3.8, 4) is 5.75 Å². The second kappa shape index (κ2) is 9.77. The Bertz CT molecular complexity index is 699. The van der Waals surface area contributed by atoms with Crippen LogP contribution in [0.3, 0.4) is 0 Å². The molecule has 1 amide bonds. The third kappa shape index (κ3) is 6.72. The van der Waals surface area contributed by atoms with Crippen LogP contribution in [0.5, 0.6) is 5.75 Å². The van der Waals surface area contributed by atoms with E-state index in [4.69, 9.17) is 4.74 Å². The van der Waals surface area contributed by atoms with Gasteiger partial charge in [0, 0.05) is 18.4 Å². The normalized spacial score (nSPS) is 10.8. The molecule has 0 bridgehead atoms. The van der Waals surface area contributed by atoms with E-state index in [1.165, 1.54) is 0 Å². The van der Waals surface area contributed by atoms with Gasteiger partial charge in [0.1, 0.15) is 5.75 Å². The molecule has 6 heteroatoms. The molecular weight excluding hydrogens is 328 g/mol. The molecule has 0 aliphatic rings. The summed E-state index contributed by atoms with van der Waals surface area (Å²) in [5.41, 5.74) is 2.22. The summed E-state index contributed by atoms with van der Waals surface area (Å²) in [7, 11) is 4.03. The van der Waals surface area contributed by atoms with Crippen molar-refractivity contribution in [2.45, 2.75) is 26.4 Å². The van der Waals surface area contributed by atoms with Crippen LogP contribution in [-0.2, 0) is 0 Å². The molecule has 1 aromatic carbocycles. The summed E-state index contributed by atoms with van der Waals surface area (Å²) in [5, 5.41) is 6.18. The van der Waals surface area contributed by atoms with Crippen LogP contribution in [0, 0.1) is 0 Å². The van der Waals surface area contributed by atoms with Gasteiger partial charge >= 0.3 is 0 Å². The molecule has 0 saturated heterocycles. The number of amides is 1. The van der Waals surface area contributed by atoms with E-state index in [2.05, 4.69) is 20.5 Å². The van der Waals surface area contributed by atoms with Gasteiger partial charge in [-0.05, 0) is 71.2 Å². The van der Waals surface area contributed by atoms with Gasteiger partial charge in [-0.2, -0.15) is 0 Å². The molecule has 0 spiro atoms. The number of pyridine rings is 1. The van der Waals surface area contributed by atoms with E-state index in [9.17, 15) is 4.79 Å². The average molecular weight is 356 g/mol. The second-order valence-corrected chi connectivity index (χ2v) is 6.69. The summed E-state index contributed by atoms with van der Waals surface area (Å²) in [4.78, 5) is 18.5. The van der Waals surface area contributed by atoms with Crippen LogP contribution in [0.15, 0.2) is 42.7 Å². The Hall–Kier alpha value is -2.60. The zero-order chi connectivity index (χ0) is 18.9. The van der Waals surface area contributed by atoms with E-state index in [0.29, 0.717) is 12.1 Å². The van der Waals surface area contributed by atoms with Crippen molar-refractivity contribution in [2.75, 3.05) is 32.5 Å². The van der Waals surface area contributed by atoms with Gasteiger partial charge in [-0.25, -0.2) is 0 Å². The number of carbonyl (C=O) groups excluding carboxylic acids is 1. The van der Waals surface area contributed by atoms with Crippen LogP contribution >= 0.6 is 0 Å². The van der Waals surface area contributed by atoms with Gasteiger partial charge in [0.15, 0.2) is 0 Å². The smallest absolute Gasteiger partial charge is 0.252 e. The first-order valence-electron chi connectivity index (χ1n) is 8.86. The molecule has 1 heterocycles. The lowest BCUT2D eigenvalue weighted by atomic mass is 10.2. The van der Waals surface area contributed by atoms with E-state index >= 15 is 0 Å². The second-order valence-electron chi connectivity index (χ2n) is 6.69. The Morgan fingerprint density at radius 3 is 2.54 bits per heavy atom. The molecular formula is C20H28N4O2. The van der Waals surface area contributed by atoms with Crippen LogP contribution in [0.2, 0.25) is 0 Å². The van der Waals surface area contributed by atoms with Crippen molar-refractivity contribution in [3.63, 3.8) is 0 Å². The maximum absolute atomic E-state index is 12.2. The van der Waals surface area contributed by atoms with Gasteiger partial charge in [0.2, 0.25) is 0 Å². The number of anilines is 2. The molecule has 6 nitrogen and oxygen atoms in total. The highest BCUT2D eigenvalue weighted by Gasteiger charge is 2.07. The molecule has 1 aromatic heterocycles. The molecule has 0 saturated carbocycles. The first-order chi connectivity index (χ1) is 12.4. The van der Waals surface area contributed by atoms with Crippen molar-refractivity contribution < 1.29 is 9.53 Å². The summed E-state index contributed by atoms with van der Waals surface area (Å²) < 4.78 is 5.64. The Balaban J connectivity index is 1.92. The van der Waals surface area contributed by atoms with Crippen molar-refractivity contribution in [3.05, 3.63) is 48.3 Å². The monoisotopic (exact) mass is 356 g/mol. The molecule has 0 unspecified atom stereocenters. The fraction of sp³-hybridized carbons (Fsp3) is 0.400. The van der Waals surface area contributed by atoms with E-state index in [1.54, 1.807) is 18.5 Å². The summed E-state index contributed by atoms with van der Waals surface area (Å²) in [6.07, 6.45) is 4.33. The highest BCUT2D eigenvalue weighted by Crippen LogP contribution is 2.21. The van der Waals surface area contributed by atoms with Gasteiger partial charge in [-0.15, -0.1) is 0 Å². The maximum atomic E-state index is 12.2. The molecule has 0 radical (unpaired) electrons. The number of benzene rings is 1. The highest BCUT2D eigenvalue weighted by molar-refractivity contribution is 5.94. The number of aromatic nitrogens is 1. The lowest BCUT2D eigenvalue weighted by Gasteiger charge is -2.12. The first kappa shape index (κ1) is 19.7. The molecule has 2 rings (SSSR count). The molecule has 0 aliphatic carbocycles. The van der Waals surface area contributed by atoms with Gasteiger partial charge < -0.3 is 20.3 Å². The predicted molar refractivity (Wildman–Crippen MR) is 105 cm³/mol. The average Bonchev–Trinajstić information content (AvgIpc) is 2.60. The molecule has 0 aliphatic heterocycles. The standard InChI is InChI=1S/C20H28N4O2/c1-15(2)26-19-8-6-17(7-9-19)23-18-12-16(13-21-14-18)20(25)22-10-5-11-24(3)4/h6-9,12-15,23H,5,10-11H2,1-4H3,(H,22,25). The van der Waals surface area contributed by atoms with Crippen LogP contribution < -0.4 is 15.4 Å². The molecule has 0 fully saturated rings. The van der Waals surface area contributed by atoms with Gasteiger partial charge in [0.25, 0.3) is 5.91 Å². The maximum Gasteiger partial charge on any atom is 0.252 e. The van der Waals surface area contributed by atoms with Crippen LogP contribution in [-0.4, -0.2) is 49.1 Å². The lowest BCUT2D eigenvalue weighted by molar-refractivity contribution is 0.0952. The van der Waals surface area contributed by atoms with Crippen LogP contribution in [0.1, 0.15) is 30.6 Å². The molecule has 2 aromatic rings. The number of hydrogen-bond acceptors (Lipinski definition) is 5. The number of nitrogens with one attached hydrogen (secondary N) is 2. The zero-order valence-corrected chi connectivity index (χ0v) is 16.0. The summed E-state index contributed by atoms with van der Waals surface area (Å²) in [6, 6.07) is 9.50. The Labute approximate surface area is 155 Å². The minimum absolute atomic E-state index is 0.111. The number of ether oxygens (including phenoxy) is 1. The van der Waals surface area contributed by atoms with Crippen molar-refractivity contribution >= 4 is 17.3 Å². The fourth-order valence-electron chi connectivity index (χ4n) is 2.39. The largest absolute Gasteiger partial charge is 0.491 e. The van der Waals surface area contributed by atoms with E-state index < -0.39 is 0 Å². The van der Waals surface area contributed by atoms with Crippen molar-refractivity contribution in [1.82, 2.24) is 15.2 Å². The minimum atomic E-state index is -0.111. The van der Waals surface area contributed by atoms with Crippen molar-refractivity contribution in [1.29, 1.82) is 0 Å². The van der Waals surface area contributed by atoms with E-state index in [1.807, 2.05) is 52.2 Å². The third-order valence-electron chi connectivity index (χ3n) is 3.58. The first-order valence-corrected chi connectivity index (χ1v) is 8.86. The van der Waals surface area contributed by atoms with E-state index in [-0.39, 0.29) is 12.0 Å². The molecule has 2 N–H and O–H groups in total. The third-order valence-corrected chi connectivity index (χ3v) is 3.58. The molecule has 140 valence electrons. The predicted octanol–water partition coefficient (Wildman–Crippen LogP) is 3.29. The number of carbonyl (C=O) groups is 1. The van der Waals surface area contributed by atoms with Crippen LogP contribution in [0.25, 0.3) is 0 Å². The Morgan fingerprint density at radius 2 is 1.88 bits per heavy atom. The highest BCUT2D eigenvalue weighted by atomic mass is 16.5. The quantitative estimate of drug-likeness (QED) is 0.675. The van der Waals surface area contributed by atoms with E-state index in [0.717, 1.165) is 30.1 Å². The van der Waals surface area contributed by atoms with Crippen molar-refractivity contribution in [2.24, 2.45) is 0 Å². The summed E-state index contributed by atoms with van der Waals surface area (Å²) >= 11 is 0. The topological polar surface area (TPSA) is 66.5 Å². The number of hydrogen-bond donors (Lipinski definition) is 2. The lowest BCUT2D eigenvalue weighted by Crippen LogP contribution is -2.27. The zero-order valence-electron chi connectivity index (χ0n) is 16.0.